The monoisotopic (exact) mass is 292 g/mol. The van der Waals surface area contributed by atoms with Crippen LogP contribution in [0.3, 0.4) is 0 Å². The van der Waals surface area contributed by atoms with E-state index in [1.165, 1.54) is 4.57 Å². The number of carbonyl (C=O) groups is 1. The van der Waals surface area contributed by atoms with Crippen LogP contribution in [0.4, 0.5) is 13.2 Å². The van der Waals surface area contributed by atoms with E-state index in [1.54, 1.807) is 0 Å². The molecule has 112 valence electrons. The summed E-state index contributed by atoms with van der Waals surface area (Å²) >= 11 is 0. The minimum absolute atomic E-state index is 0.225. The number of amides is 1. The third-order valence-electron chi connectivity index (χ3n) is 3.26. The van der Waals surface area contributed by atoms with Gasteiger partial charge in [0.25, 0.3) is 0 Å². The summed E-state index contributed by atoms with van der Waals surface area (Å²) in [7, 11) is 0. The number of fused-ring (bicyclic) bond motifs is 1. The second-order valence-electron chi connectivity index (χ2n) is 4.80. The van der Waals surface area contributed by atoms with Crippen molar-refractivity contribution in [2.45, 2.75) is 50.9 Å². The first-order chi connectivity index (χ1) is 9.35. The van der Waals surface area contributed by atoms with Gasteiger partial charge in [0, 0.05) is 25.4 Å². The van der Waals surface area contributed by atoms with Crippen molar-refractivity contribution < 1.29 is 18.0 Å². The number of aromatic nitrogens is 3. The number of carbonyl (C=O) groups excluding carboxylic acids is 1. The number of halogens is 3. The van der Waals surface area contributed by atoms with Gasteiger partial charge < -0.3 is 5.32 Å². The fourth-order valence-electron chi connectivity index (χ4n) is 2.20. The van der Waals surface area contributed by atoms with Crippen LogP contribution >= 0.6 is 0 Å². The minimum Gasteiger partial charge on any atom is -0.353 e. The Morgan fingerprint density at radius 2 is 2.20 bits per heavy atom. The number of hydrogen-bond acceptors (Lipinski definition) is 3. The summed E-state index contributed by atoms with van der Waals surface area (Å²) in [4.78, 5) is 22.8. The Labute approximate surface area is 112 Å². The van der Waals surface area contributed by atoms with Crippen molar-refractivity contribution in [2.75, 3.05) is 0 Å². The molecule has 20 heavy (non-hydrogen) atoms. The molecule has 1 amide bonds. The Hall–Kier alpha value is -1.80. The highest BCUT2D eigenvalue weighted by molar-refractivity contribution is 5.76. The third kappa shape index (κ3) is 3.84. The normalized spacial score (nSPS) is 19.2. The van der Waals surface area contributed by atoms with Gasteiger partial charge in [-0.1, -0.05) is 0 Å². The van der Waals surface area contributed by atoms with Crippen molar-refractivity contribution in [3.05, 3.63) is 16.3 Å². The first kappa shape index (κ1) is 14.6. The van der Waals surface area contributed by atoms with Gasteiger partial charge in [0.2, 0.25) is 5.91 Å². The summed E-state index contributed by atoms with van der Waals surface area (Å²) in [5.41, 5.74) is -0.302. The standard InChI is InChI=1S/C11H15F3N4O2/c12-11(13,14)5-3-9(19)15-7-1-2-8-16-17-10(20)18(8)6-4-7/h7H,1-6H2,(H,15,19)(H,17,20). The molecule has 0 bridgehead atoms. The summed E-state index contributed by atoms with van der Waals surface area (Å²) in [5.74, 6) is 0.00261. The first-order valence-corrected chi connectivity index (χ1v) is 6.35. The fourth-order valence-corrected chi connectivity index (χ4v) is 2.20. The second kappa shape index (κ2) is 5.68. The Morgan fingerprint density at radius 1 is 1.45 bits per heavy atom. The van der Waals surface area contributed by atoms with Gasteiger partial charge in [-0.2, -0.15) is 18.3 Å². The van der Waals surface area contributed by atoms with Crippen molar-refractivity contribution >= 4 is 5.91 Å². The number of aromatic amines is 1. The van der Waals surface area contributed by atoms with Gasteiger partial charge in [-0.25, -0.2) is 9.89 Å². The number of rotatable bonds is 3. The Balaban J connectivity index is 1.84. The lowest BCUT2D eigenvalue weighted by molar-refractivity contribution is -0.144. The molecule has 1 atom stereocenters. The van der Waals surface area contributed by atoms with E-state index in [0.29, 0.717) is 31.6 Å². The number of H-pyrrole nitrogens is 1. The molecule has 0 aromatic carbocycles. The van der Waals surface area contributed by atoms with Crippen LogP contribution in [0.2, 0.25) is 0 Å². The molecular formula is C11H15F3N4O2. The van der Waals surface area contributed by atoms with E-state index in [9.17, 15) is 22.8 Å². The highest BCUT2D eigenvalue weighted by atomic mass is 19.4. The van der Waals surface area contributed by atoms with Crippen LogP contribution in [-0.4, -0.2) is 32.9 Å². The second-order valence-corrected chi connectivity index (χ2v) is 4.80. The smallest absolute Gasteiger partial charge is 0.353 e. The molecule has 0 saturated carbocycles. The van der Waals surface area contributed by atoms with Crippen LogP contribution in [-0.2, 0) is 17.8 Å². The molecule has 1 aromatic heterocycles. The molecule has 0 radical (unpaired) electrons. The quantitative estimate of drug-likeness (QED) is 0.862. The van der Waals surface area contributed by atoms with Crippen molar-refractivity contribution in [1.29, 1.82) is 0 Å². The summed E-state index contributed by atoms with van der Waals surface area (Å²) < 4.78 is 37.5. The average Bonchev–Trinajstić information content (AvgIpc) is 2.58. The predicted molar refractivity (Wildman–Crippen MR) is 63.0 cm³/mol. The lowest BCUT2D eigenvalue weighted by Gasteiger charge is -2.16. The number of alkyl halides is 3. The van der Waals surface area contributed by atoms with Crippen molar-refractivity contribution in [3.8, 4) is 0 Å². The molecule has 1 unspecified atom stereocenters. The lowest BCUT2D eigenvalue weighted by Crippen LogP contribution is -2.36. The van der Waals surface area contributed by atoms with Crippen LogP contribution in [0.5, 0.6) is 0 Å². The summed E-state index contributed by atoms with van der Waals surface area (Å²) in [6.45, 7) is 0.398. The molecular weight excluding hydrogens is 277 g/mol. The van der Waals surface area contributed by atoms with E-state index >= 15 is 0 Å². The van der Waals surface area contributed by atoms with E-state index in [1.807, 2.05) is 0 Å². The molecule has 1 aliphatic heterocycles. The highest BCUT2D eigenvalue weighted by Crippen LogP contribution is 2.21. The fraction of sp³-hybridized carbons (Fsp3) is 0.727. The third-order valence-corrected chi connectivity index (χ3v) is 3.26. The molecule has 0 aliphatic carbocycles. The zero-order chi connectivity index (χ0) is 14.8. The van der Waals surface area contributed by atoms with Gasteiger partial charge in [-0.15, -0.1) is 0 Å². The Kier molecular flexibility index (Phi) is 4.15. The topological polar surface area (TPSA) is 79.8 Å². The maximum absolute atomic E-state index is 12.0. The van der Waals surface area contributed by atoms with Crippen LogP contribution in [0, 0.1) is 0 Å². The zero-order valence-corrected chi connectivity index (χ0v) is 10.7. The summed E-state index contributed by atoms with van der Waals surface area (Å²) in [5, 5.41) is 8.79. The van der Waals surface area contributed by atoms with E-state index < -0.39 is 24.9 Å². The maximum atomic E-state index is 12.0. The van der Waals surface area contributed by atoms with E-state index in [2.05, 4.69) is 15.5 Å². The van der Waals surface area contributed by atoms with Gasteiger partial charge in [-0.05, 0) is 12.8 Å². The van der Waals surface area contributed by atoms with Gasteiger partial charge in [0.05, 0.1) is 6.42 Å². The molecule has 1 aromatic rings. The molecule has 9 heteroatoms. The molecule has 1 aliphatic rings. The van der Waals surface area contributed by atoms with Crippen molar-refractivity contribution in [3.63, 3.8) is 0 Å². The van der Waals surface area contributed by atoms with E-state index in [0.717, 1.165) is 0 Å². The number of aryl methyl sites for hydroxylation is 1. The molecule has 2 rings (SSSR count). The number of nitrogens with one attached hydrogen (secondary N) is 2. The van der Waals surface area contributed by atoms with Gasteiger partial charge in [-0.3, -0.25) is 9.36 Å². The Bertz CT molecular complexity index is 535. The summed E-state index contributed by atoms with van der Waals surface area (Å²) in [6.07, 6.45) is -4.44. The number of hydrogen-bond donors (Lipinski definition) is 2. The predicted octanol–water partition coefficient (Wildman–Crippen LogP) is 0.735. The molecule has 2 heterocycles. The van der Waals surface area contributed by atoms with Gasteiger partial charge in [0.1, 0.15) is 5.82 Å². The average molecular weight is 292 g/mol. The lowest BCUT2D eigenvalue weighted by atomic mass is 10.1. The first-order valence-electron chi connectivity index (χ1n) is 6.35. The molecule has 0 fully saturated rings. The minimum atomic E-state index is -4.32. The maximum Gasteiger partial charge on any atom is 0.389 e. The molecule has 2 N–H and O–H groups in total. The van der Waals surface area contributed by atoms with Crippen LogP contribution in [0.1, 0.15) is 31.5 Å². The van der Waals surface area contributed by atoms with Crippen molar-refractivity contribution in [2.24, 2.45) is 0 Å². The highest BCUT2D eigenvalue weighted by Gasteiger charge is 2.28. The van der Waals surface area contributed by atoms with Gasteiger partial charge >= 0.3 is 11.9 Å². The molecule has 0 spiro atoms. The summed E-state index contributed by atoms with van der Waals surface area (Å²) in [6, 6.07) is -0.225. The van der Waals surface area contributed by atoms with Gasteiger partial charge in [0.15, 0.2) is 0 Å². The Morgan fingerprint density at radius 3 is 2.90 bits per heavy atom. The van der Waals surface area contributed by atoms with E-state index in [-0.39, 0.29) is 11.7 Å². The van der Waals surface area contributed by atoms with Crippen molar-refractivity contribution in [1.82, 2.24) is 20.1 Å². The van der Waals surface area contributed by atoms with Crippen LogP contribution in [0.25, 0.3) is 0 Å². The number of nitrogens with zero attached hydrogens (tertiary/aromatic N) is 2. The van der Waals surface area contributed by atoms with Crippen LogP contribution in [0.15, 0.2) is 4.79 Å². The van der Waals surface area contributed by atoms with Crippen LogP contribution < -0.4 is 11.0 Å². The SMILES string of the molecule is O=C(CCC(F)(F)F)NC1CCc2n[nH]c(=O)n2CC1. The molecule has 0 saturated heterocycles. The largest absolute Gasteiger partial charge is 0.389 e. The molecule has 6 nitrogen and oxygen atoms in total. The zero-order valence-electron chi connectivity index (χ0n) is 10.7. The van der Waals surface area contributed by atoms with E-state index in [4.69, 9.17) is 0 Å².